The van der Waals surface area contributed by atoms with E-state index < -0.39 is 19.2 Å². The molecule has 1 aliphatic rings. The van der Waals surface area contributed by atoms with Crippen LogP contribution in [0.2, 0.25) is 0 Å². The molecule has 1 aliphatic heterocycles. The summed E-state index contributed by atoms with van der Waals surface area (Å²) in [5.41, 5.74) is 1.82. The molecule has 2 N–H and O–H groups in total. The molecular formula is C11H13BO5. The van der Waals surface area contributed by atoms with E-state index in [0.717, 1.165) is 5.56 Å². The number of carbonyl (C=O) groups excluding carboxylic acids is 1. The average Bonchev–Trinajstić information content (AvgIpc) is 2.36. The molecule has 90 valence electrons. The Morgan fingerprint density at radius 3 is 2.94 bits per heavy atom. The number of benzene rings is 1. The fraction of sp³-hybridized carbons (Fsp3) is 0.364. The van der Waals surface area contributed by atoms with E-state index in [2.05, 4.69) is 4.74 Å². The molecule has 0 saturated heterocycles. The summed E-state index contributed by atoms with van der Waals surface area (Å²) in [6.07, 6.45) is -0.223. The van der Waals surface area contributed by atoms with Crippen LogP contribution in [0.25, 0.3) is 0 Å². The highest BCUT2D eigenvalue weighted by molar-refractivity contribution is 6.59. The van der Waals surface area contributed by atoms with Gasteiger partial charge >= 0.3 is 13.1 Å². The standard InChI is InChI=1S/C11H13BO5/c1-16-11(13)10-8-3-2-4-9(12(14)15)7(8)5-6-17-10/h2-4,10,14-15H,5-6H2,1H3. The maximum absolute atomic E-state index is 11.5. The van der Waals surface area contributed by atoms with Gasteiger partial charge in [-0.15, -0.1) is 0 Å². The minimum atomic E-state index is -1.54. The topological polar surface area (TPSA) is 76.0 Å². The summed E-state index contributed by atoms with van der Waals surface area (Å²) in [7, 11) is -0.244. The van der Waals surface area contributed by atoms with E-state index in [4.69, 9.17) is 4.74 Å². The summed E-state index contributed by atoms with van der Waals surface area (Å²) in [5, 5.41) is 18.5. The SMILES string of the molecule is COC(=O)C1OCCc2c(B(O)O)cccc21. The number of rotatable bonds is 2. The van der Waals surface area contributed by atoms with Crippen LogP contribution in [0.1, 0.15) is 17.2 Å². The fourth-order valence-electron chi connectivity index (χ4n) is 2.07. The van der Waals surface area contributed by atoms with Gasteiger partial charge in [-0.1, -0.05) is 18.2 Å². The molecule has 1 aromatic carbocycles. The predicted molar refractivity (Wildman–Crippen MR) is 60.7 cm³/mol. The van der Waals surface area contributed by atoms with Crippen molar-refractivity contribution < 1.29 is 24.3 Å². The fourth-order valence-corrected chi connectivity index (χ4v) is 2.07. The number of hydrogen-bond donors (Lipinski definition) is 2. The molecule has 0 amide bonds. The maximum Gasteiger partial charge on any atom is 0.488 e. The Morgan fingerprint density at radius 2 is 2.29 bits per heavy atom. The molecule has 1 atom stereocenters. The van der Waals surface area contributed by atoms with E-state index >= 15 is 0 Å². The van der Waals surface area contributed by atoms with Gasteiger partial charge in [0.25, 0.3) is 0 Å². The Kier molecular flexibility index (Phi) is 3.47. The number of ether oxygens (including phenoxy) is 2. The van der Waals surface area contributed by atoms with Crippen molar-refractivity contribution in [2.24, 2.45) is 0 Å². The lowest BCUT2D eigenvalue weighted by Gasteiger charge is -2.25. The van der Waals surface area contributed by atoms with Crippen LogP contribution in [0.3, 0.4) is 0 Å². The van der Waals surface area contributed by atoms with E-state index in [-0.39, 0.29) is 0 Å². The minimum absolute atomic E-state index is 0.358. The van der Waals surface area contributed by atoms with Crippen LogP contribution >= 0.6 is 0 Å². The highest BCUT2D eigenvalue weighted by Crippen LogP contribution is 2.26. The van der Waals surface area contributed by atoms with Crippen molar-refractivity contribution in [3.05, 3.63) is 29.3 Å². The number of carbonyl (C=O) groups is 1. The van der Waals surface area contributed by atoms with Gasteiger partial charge in [-0.2, -0.15) is 0 Å². The number of fused-ring (bicyclic) bond motifs is 1. The molecule has 0 bridgehead atoms. The van der Waals surface area contributed by atoms with E-state index in [1.54, 1.807) is 18.2 Å². The molecule has 0 aliphatic carbocycles. The summed E-state index contributed by atoms with van der Waals surface area (Å²) >= 11 is 0. The molecule has 1 aromatic rings. The maximum atomic E-state index is 11.5. The zero-order valence-electron chi connectivity index (χ0n) is 9.42. The first-order valence-electron chi connectivity index (χ1n) is 5.32. The predicted octanol–water partition coefficient (Wildman–Crippen LogP) is -0.847. The van der Waals surface area contributed by atoms with Gasteiger partial charge in [0.05, 0.1) is 13.7 Å². The molecule has 0 aromatic heterocycles. The molecular weight excluding hydrogens is 223 g/mol. The highest BCUT2D eigenvalue weighted by Gasteiger charge is 2.31. The largest absolute Gasteiger partial charge is 0.488 e. The van der Waals surface area contributed by atoms with Gasteiger partial charge in [-0.25, -0.2) is 4.79 Å². The van der Waals surface area contributed by atoms with Crippen molar-refractivity contribution in [3.63, 3.8) is 0 Å². The van der Waals surface area contributed by atoms with Gasteiger partial charge in [0.1, 0.15) is 0 Å². The lowest BCUT2D eigenvalue weighted by molar-refractivity contribution is -0.155. The van der Waals surface area contributed by atoms with Crippen LogP contribution in [0, 0.1) is 0 Å². The molecule has 0 spiro atoms. The Bertz CT molecular complexity index is 432. The van der Waals surface area contributed by atoms with Gasteiger partial charge in [-0.05, 0) is 23.0 Å². The first-order chi connectivity index (χ1) is 8.15. The third-order valence-corrected chi connectivity index (χ3v) is 2.86. The molecule has 0 fully saturated rings. The Hall–Kier alpha value is -1.37. The van der Waals surface area contributed by atoms with Gasteiger partial charge in [0.2, 0.25) is 0 Å². The van der Waals surface area contributed by atoms with Crippen LogP contribution in [0.15, 0.2) is 18.2 Å². The molecule has 0 radical (unpaired) electrons. The zero-order chi connectivity index (χ0) is 12.4. The number of hydrogen-bond acceptors (Lipinski definition) is 5. The number of methoxy groups -OCH3 is 1. The van der Waals surface area contributed by atoms with Crippen LogP contribution < -0.4 is 5.46 Å². The second-order valence-electron chi connectivity index (χ2n) is 3.81. The molecule has 2 rings (SSSR count). The Labute approximate surface area is 99.1 Å². The van der Waals surface area contributed by atoms with E-state index in [0.29, 0.717) is 24.1 Å². The molecule has 6 heteroatoms. The van der Waals surface area contributed by atoms with Crippen molar-refractivity contribution in [2.45, 2.75) is 12.5 Å². The molecule has 1 heterocycles. The van der Waals surface area contributed by atoms with Crippen molar-refractivity contribution in [1.29, 1.82) is 0 Å². The Balaban J connectivity index is 2.45. The smallest absolute Gasteiger partial charge is 0.467 e. The first-order valence-corrected chi connectivity index (χ1v) is 5.32. The van der Waals surface area contributed by atoms with Gasteiger partial charge < -0.3 is 19.5 Å². The third-order valence-electron chi connectivity index (χ3n) is 2.86. The summed E-state index contributed by atoms with van der Waals surface area (Å²) < 4.78 is 10.0. The molecule has 17 heavy (non-hydrogen) atoms. The lowest BCUT2D eigenvalue weighted by Crippen LogP contribution is -2.37. The summed E-state index contributed by atoms with van der Waals surface area (Å²) in [6.45, 7) is 0.358. The number of esters is 1. The highest BCUT2D eigenvalue weighted by atomic mass is 16.6. The minimum Gasteiger partial charge on any atom is -0.467 e. The van der Waals surface area contributed by atoms with Crippen LogP contribution in [-0.2, 0) is 20.7 Å². The van der Waals surface area contributed by atoms with Gasteiger partial charge in [0, 0.05) is 0 Å². The average molecular weight is 236 g/mol. The van der Waals surface area contributed by atoms with Crippen LogP contribution in [0.4, 0.5) is 0 Å². The first kappa shape index (κ1) is 12.1. The second kappa shape index (κ2) is 4.87. The zero-order valence-corrected chi connectivity index (χ0v) is 9.42. The third kappa shape index (κ3) is 2.19. The van der Waals surface area contributed by atoms with Crippen LogP contribution in [-0.4, -0.2) is 36.9 Å². The normalized spacial score (nSPS) is 18.4. The van der Waals surface area contributed by atoms with E-state index in [1.807, 2.05) is 0 Å². The monoisotopic (exact) mass is 236 g/mol. The van der Waals surface area contributed by atoms with Gasteiger partial charge in [0.15, 0.2) is 6.10 Å². The van der Waals surface area contributed by atoms with E-state index in [9.17, 15) is 14.8 Å². The van der Waals surface area contributed by atoms with Crippen molar-refractivity contribution in [3.8, 4) is 0 Å². The summed E-state index contributed by atoms with van der Waals surface area (Å²) in [5.74, 6) is -0.476. The van der Waals surface area contributed by atoms with Crippen molar-refractivity contribution >= 4 is 18.6 Å². The summed E-state index contributed by atoms with van der Waals surface area (Å²) in [6, 6.07) is 5.03. The second-order valence-corrected chi connectivity index (χ2v) is 3.81. The molecule has 0 saturated carbocycles. The lowest BCUT2D eigenvalue weighted by atomic mass is 9.74. The van der Waals surface area contributed by atoms with Crippen LogP contribution in [0.5, 0.6) is 0 Å². The van der Waals surface area contributed by atoms with Gasteiger partial charge in [-0.3, -0.25) is 0 Å². The quantitative estimate of drug-likeness (QED) is 0.516. The summed E-state index contributed by atoms with van der Waals surface area (Å²) in [4.78, 5) is 11.5. The van der Waals surface area contributed by atoms with Crippen molar-refractivity contribution in [1.82, 2.24) is 0 Å². The van der Waals surface area contributed by atoms with E-state index in [1.165, 1.54) is 7.11 Å². The molecule has 1 unspecified atom stereocenters. The van der Waals surface area contributed by atoms with Crippen molar-refractivity contribution in [2.75, 3.05) is 13.7 Å². The Morgan fingerprint density at radius 1 is 1.53 bits per heavy atom. The molecule has 5 nitrogen and oxygen atoms in total.